The summed E-state index contributed by atoms with van der Waals surface area (Å²) in [6.45, 7) is 10.8. The van der Waals surface area contributed by atoms with Gasteiger partial charge in [0.1, 0.15) is 0 Å². The molecule has 1 heterocycles. The van der Waals surface area contributed by atoms with E-state index in [-0.39, 0.29) is 34.9 Å². The number of rotatable bonds is 14. The summed E-state index contributed by atoms with van der Waals surface area (Å²) >= 11 is 0. The minimum absolute atomic E-state index is 0.0777. The Bertz CT molecular complexity index is 1840. The third-order valence-electron chi connectivity index (χ3n) is 8.45. The first kappa shape index (κ1) is 37.3. The number of anilines is 1. The van der Waals surface area contributed by atoms with Gasteiger partial charge in [-0.25, -0.2) is 8.42 Å². The van der Waals surface area contributed by atoms with Crippen LogP contribution < -0.4 is 20.3 Å². The number of hydrogen-bond acceptors (Lipinski definition) is 7. The second-order valence-corrected chi connectivity index (χ2v) is 15.4. The van der Waals surface area contributed by atoms with Crippen molar-refractivity contribution in [3.63, 3.8) is 0 Å². The smallest absolute Gasteiger partial charge is 0.251 e. The number of hydrogen-bond donors (Lipinski definition) is 4. The van der Waals surface area contributed by atoms with E-state index in [1.54, 1.807) is 0 Å². The Labute approximate surface area is 289 Å². The number of aliphatic hydroxyl groups excluding tert-OH is 1. The zero-order valence-corrected chi connectivity index (χ0v) is 30.1. The van der Waals surface area contributed by atoms with Gasteiger partial charge in [-0.05, 0) is 70.4 Å². The number of carbonyl (C=O) groups is 2. The largest absolute Gasteiger partial charge is 0.390 e. The lowest BCUT2D eigenvalue weighted by Gasteiger charge is -2.26. The van der Waals surface area contributed by atoms with E-state index >= 15 is 0 Å². The van der Waals surface area contributed by atoms with Crippen molar-refractivity contribution < 1.29 is 23.1 Å². The highest BCUT2D eigenvalue weighted by molar-refractivity contribution is 7.92. The Morgan fingerprint density at radius 1 is 0.939 bits per heavy atom. The first-order chi connectivity index (χ1) is 23.0. The molecule has 12 heteroatoms. The number of sulfonamides is 1. The summed E-state index contributed by atoms with van der Waals surface area (Å²) in [6, 6.07) is 22.2. The minimum Gasteiger partial charge on any atom is -0.390 e. The lowest BCUT2D eigenvalue weighted by atomic mass is 10.00. The van der Waals surface area contributed by atoms with E-state index in [0.29, 0.717) is 13.0 Å². The van der Waals surface area contributed by atoms with Gasteiger partial charge in [0.25, 0.3) is 11.8 Å². The summed E-state index contributed by atoms with van der Waals surface area (Å²) in [7, 11) is -2.35. The van der Waals surface area contributed by atoms with Gasteiger partial charge >= 0.3 is 0 Å². The van der Waals surface area contributed by atoms with Gasteiger partial charge in [-0.3, -0.25) is 18.6 Å². The van der Waals surface area contributed by atoms with E-state index in [1.807, 2.05) is 85.4 Å². The molecule has 0 aliphatic rings. The third kappa shape index (κ3) is 10.0. The maximum Gasteiger partial charge on any atom is 0.251 e. The fourth-order valence-electron chi connectivity index (χ4n) is 5.55. The van der Waals surface area contributed by atoms with Gasteiger partial charge in [0.05, 0.1) is 41.9 Å². The molecule has 1 aromatic heterocycles. The lowest BCUT2D eigenvalue weighted by molar-refractivity contribution is 0.0830. The van der Waals surface area contributed by atoms with Crippen LogP contribution >= 0.6 is 0 Å². The summed E-state index contributed by atoms with van der Waals surface area (Å²) in [5, 5.41) is 25.1. The molecule has 49 heavy (non-hydrogen) atoms. The second-order valence-electron chi connectivity index (χ2n) is 13.4. The molecular weight excluding hydrogens is 641 g/mol. The van der Waals surface area contributed by atoms with Gasteiger partial charge in [-0.1, -0.05) is 60.7 Å². The minimum atomic E-state index is -3.71. The molecule has 0 fully saturated rings. The van der Waals surface area contributed by atoms with Crippen molar-refractivity contribution in [3.8, 4) is 0 Å². The van der Waals surface area contributed by atoms with Gasteiger partial charge in [-0.2, -0.15) is 5.10 Å². The predicted octanol–water partition coefficient (Wildman–Crippen LogP) is 4.33. The number of nitrogens with one attached hydrogen (secondary N) is 3. The molecular formula is C37H48N6O5S. The molecule has 0 bridgehead atoms. The molecule has 3 atom stereocenters. The summed E-state index contributed by atoms with van der Waals surface area (Å²) < 4.78 is 27.9. The van der Waals surface area contributed by atoms with E-state index < -0.39 is 34.0 Å². The van der Waals surface area contributed by atoms with E-state index in [9.17, 15) is 23.1 Å². The summed E-state index contributed by atoms with van der Waals surface area (Å²) in [5.74, 6) is -1.03. The summed E-state index contributed by atoms with van der Waals surface area (Å²) in [6.07, 6.45) is 2.21. The molecule has 2 amide bonds. The number of aliphatic hydroxyl groups is 1. The molecule has 0 unspecified atom stereocenters. The van der Waals surface area contributed by atoms with Crippen LogP contribution in [0.1, 0.15) is 76.8 Å². The van der Waals surface area contributed by atoms with Crippen LogP contribution in [0.25, 0.3) is 0 Å². The molecule has 0 radical (unpaired) electrons. The monoisotopic (exact) mass is 688 g/mol. The molecule has 3 aromatic carbocycles. The molecule has 4 N–H and O–H groups in total. The van der Waals surface area contributed by atoms with Crippen LogP contribution in [0.5, 0.6) is 0 Å². The number of aromatic nitrogens is 2. The first-order valence-electron chi connectivity index (χ1n) is 16.3. The first-order valence-corrected chi connectivity index (χ1v) is 18.1. The molecule has 0 aliphatic carbocycles. The van der Waals surface area contributed by atoms with Crippen molar-refractivity contribution in [2.24, 2.45) is 0 Å². The summed E-state index contributed by atoms with van der Waals surface area (Å²) in [5.41, 5.74) is 4.02. The van der Waals surface area contributed by atoms with Gasteiger partial charge in [0.15, 0.2) is 0 Å². The van der Waals surface area contributed by atoms with Gasteiger partial charge < -0.3 is 21.1 Å². The SMILES string of the molecule is Cc1c(CNC[C@@H](O)[C@H](Cc2ccccc2)NC(=O)c2cc(C(=O)N[C@H](C)c3ccccc3)cc(N(C)S(C)(=O)=O)c2)cnn1C(C)(C)C. The molecule has 0 saturated heterocycles. The average Bonchev–Trinajstić information content (AvgIpc) is 3.44. The zero-order valence-electron chi connectivity index (χ0n) is 29.3. The fraction of sp³-hybridized carbons (Fsp3) is 0.378. The van der Waals surface area contributed by atoms with Crippen LogP contribution in [0.2, 0.25) is 0 Å². The average molecular weight is 689 g/mol. The maximum atomic E-state index is 13.9. The standard InChI is InChI=1S/C37H48N6O5S/c1-25(28-16-12-9-13-17-28)40-35(45)29-19-30(21-32(20-29)42(6)49(7,47)48)36(46)41-33(18-27-14-10-8-11-15-27)34(44)24-38-22-31-23-39-43(26(31)2)37(3,4)5/h8-17,19-21,23,25,33-34,38,44H,18,22,24H2,1-7H3,(H,40,45)(H,41,46)/t25-,33+,34-/m1/s1. The van der Waals surface area contributed by atoms with Crippen LogP contribution in [0.4, 0.5) is 5.69 Å². The van der Waals surface area contributed by atoms with Crippen molar-refractivity contribution in [2.45, 2.75) is 71.3 Å². The molecule has 11 nitrogen and oxygen atoms in total. The molecule has 0 aliphatic heterocycles. The summed E-state index contributed by atoms with van der Waals surface area (Å²) in [4.78, 5) is 27.3. The van der Waals surface area contributed by atoms with E-state index in [0.717, 1.165) is 32.9 Å². The number of carbonyl (C=O) groups excluding carboxylic acids is 2. The topological polar surface area (TPSA) is 146 Å². The Hall–Kier alpha value is -4.52. The normalized spacial score (nSPS) is 13.7. The molecule has 0 spiro atoms. The Kier molecular flexibility index (Phi) is 12.0. The highest BCUT2D eigenvalue weighted by atomic mass is 32.2. The molecule has 4 rings (SSSR count). The van der Waals surface area contributed by atoms with Crippen LogP contribution in [-0.4, -0.2) is 67.1 Å². The predicted molar refractivity (Wildman–Crippen MR) is 193 cm³/mol. The molecule has 262 valence electrons. The maximum absolute atomic E-state index is 13.9. The van der Waals surface area contributed by atoms with Crippen LogP contribution in [-0.2, 0) is 28.5 Å². The highest BCUT2D eigenvalue weighted by Gasteiger charge is 2.25. The van der Waals surface area contributed by atoms with E-state index in [4.69, 9.17) is 0 Å². The van der Waals surface area contributed by atoms with E-state index in [1.165, 1.54) is 25.2 Å². The van der Waals surface area contributed by atoms with Gasteiger partial charge in [0, 0.05) is 42.5 Å². The van der Waals surface area contributed by atoms with Crippen LogP contribution in [0, 0.1) is 6.92 Å². The Balaban J connectivity index is 1.57. The molecule has 4 aromatic rings. The third-order valence-corrected chi connectivity index (χ3v) is 9.65. The second kappa shape index (κ2) is 15.8. The number of amides is 2. The zero-order chi connectivity index (χ0) is 35.9. The Morgan fingerprint density at radius 2 is 1.51 bits per heavy atom. The van der Waals surface area contributed by atoms with Crippen molar-refractivity contribution in [3.05, 3.63) is 119 Å². The van der Waals surface area contributed by atoms with Gasteiger partial charge in [0.2, 0.25) is 10.0 Å². The quantitative estimate of drug-likeness (QED) is 0.154. The van der Waals surface area contributed by atoms with Crippen LogP contribution in [0.15, 0.2) is 85.1 Å². The Morgan fingerprint density at radius 3 is 2.06 bits per heavy atom. The lowest BCUT2D eigenvalue weighted by Crippen LogP contribution is -2.48. The number of nitrogens with zero attached hydrogens (tertiary/aromatic N) is 3. The van der Waals surface area contributed by atoms with Gasteiger partial charge in [-0.15, -0.1) is 0 Å². The van der Waals surface area contributed by atoms with Crippen LogP contribution in [0.3, 0.4) is 0 Å². The molecule has 0 saturated carbocycles. The van der Waals surface area contributed by atoms with Crippen molar-refractivity contribution in [1.29, 1.82) is 0 Å². The fourth-order valence-corrected chi connectivity index (χ4v) is 6.03. The van der Waals surface area contributed by atoms with Crippen molar-refractivity contribution in [2.75, 3.05) is 24.2 Å². The van der Waals surface area contributed by atoms with E-state index in [2.05, 4.69) is 41.8 Å². The number of benzene rings is 3. The highest BCUT2D eigenvalue weighted by Crippen LogP contribution is 2.23. The van der Waals surface area contributed by atoms with Crippen molar-refractivity contribution >= 4 is 27.5 Å². The van der Waals surface area contributed by atoms with Crippen molar-refractivity contribution in [1.82, 2.24) is 25.7 Å².